The minimum absolute atomic E-state index is 0.00234. The summed E-state index contributed by atoms with van der Waals surface area (Å²) in [5.41, 5.74) is 2.50. The van der Waals surface area contributed by atoms with Crippen LogP contribution in [0.4, 0.5) is 0 Å². The van der Waals surface area contributed by atoms with Crippen molar-refractivity contribution in [2.24, 2.45) is 0 Å². The van der Waals surface area contributed by atoms with E-state index < -0.39 is 18.4 Å². The zero-order valence-electron chi connectivity index (χ0n) is 21.6. The molecular weight excluding hydrogens is 470 g/mol. The van der Waals surface area contributed by atoms with Gasteiger partial charge in [0.25, 0.3) is 0 Å². The van der Waals surface area contributed by atoms with Crippen LogP contribution in [0.1, 0.15) is 56.2 Å². The topological polar surface area (TPSA) is 98.0 Å². The summed E-state index contributed by atoms with van der Waals surface area (Å²) in [5, 5.41) is 20.1. The van der Waals surface area contributed by atoms with Gasteiger partial charge < -0.3 is 24.3 Å². The number of hydrogen-bond acceptors (Lipinski definition) is 4. The average molecular weight is 502 g/mol. The number of fused-ring (bicyclic) bond motifs is 1. The van der Waals surface area contributed by atoms with Crippen LogP contribution < -0.4 is 9.47 Å². The molecule has 7 heteroatoms. The molecule has 192 valence electrons. The van der Waals surface area contributed by atoms with Crippen molar-refractivity contribution in [2.45, 2.75) is 52.6 Å². The van der Waals surface area contributed by atoms with Crippen LogP contribution in [0.15, 0.2) is 66.7 Å². The molecule has 0 atom stereocenters. The smallest absolute Gasteiger partial charge is 0.338 e. The Balaban J connectivity index is 1.81. The van der Waals surface area contributed by atoms with E-state index in [1.54, 1.807) is 47.0 Å². The summed E-state index contributed by atoms with van der Waals surface area (Å²) in [5.74, 6) is -0.580. The molecule has 0 aliphatic heterocycles. The maximum absolute atomic E-state index is 12.4. The second kappa shape index (κ2) is 10.0. The molecule has 37 heavy (non-hydrogen) atoms. The number of hydrogen-bond donors (Lipinski definition) is 2. The maximum atomic E-state index is 12.4. The van der Waals surface area contributed by atoms with E-state index >= 15 is 0 Å². The Morgan fingerprint density at radius 2 is 1.46 bits per heavy atom. The molecule has 3 aromatic carbocycles. The first-order valence-corrected chi connectivity index (χ1v) is 12.1. The quantitative estimate of drug-likeness (QED) is 0.275. The third kappa shape index (κ3) is 5.61. The van der Waals surface area contributed by atoms with Crippen molar-refractivity contribution in [1.29, 1.82) is 0 Å². The van der Waals surface area contributed by atoms with E-state index in [1.165, 1.54) is 5.56 Å². The Hall–Kier alpha value is -4.26. The van der Waals surface area contributed by atoms with E-state index in [9.17, 15) is 19.8 Å². The highest BCUT2D eigenvalue weighted by Gasteiger charge is 2.25. The lowest BCUT2D eigenvalue weighted by atomic mass is 9.87. The molecule has 0 saturated heterocycles. The molecule has 0 bridgehead atoms. The van der Waals surface area contributed by atoms with Gasteiger partial charge in [-0.1, -0.05) is 32.9 Å². The van der Waals surface area contributed by atoms with Crippen LogP contribution >= 0.6 is 0 Å². The van der Waals surface area contributed by atoms with Gasteiger partial charge in [-0.3, -0.25) is 4.79 Å². The lowest BCUT2D eigenvalue weighted by Gasteiger charge is -2.19. The fraction of sp³-hybridized carbons (Fsp3) is 0.267. The second-order valence-corrected chi connectivity index (χ2v) is 10.2. The Labute approximate surface area is 215 Å². The molecule has 0 radical (unpaired) electrons. The molecule has 2 N–H and O–H groups in total. The summed E-state index contributed by atoms with van der Waals surface area (Å²) in [7, 11) is 0. The third-order valence-electron chi connectivity index (χ3n) is 5.99. The molecule has 0 amide bonds. The van der Waals surface area contributed by atoms with Crippen molar-refractivity contribution in [3.63, 3.8) is 0 Å². The van der Waals surface area contributed by atoms with E-state index in [-0.39, 0.29) is 22.8 Å². The molecule has 0 aliphatic rings. The van der Waals surface area contributed by atoms with Gasteiger partial charge in [-0.15, -0.1) is 0 Å². The molecule has 7 nitrogen and oxygen atoms in total. The highest BCUT2D eigenvalue weighted by Crippen LogP contribution is 2.35. The Morgan fingerprint density at radius 1 is 0.865 bits per heavy atom. The molecule has 0 spiro atoms. The Kier molecular flexibility index (Phi) is 6.99. The van der Waals surface area contributed by atoms with Gasteiger partial charge in [0.15, 0.2) is 0 Å². The molecule has 4 aromatic rings. The van der Waals surface area contributed by atoms with Gasteiger partial charge in [-0.25, -0.2) is 4.79 Å². The highest BCUT2D eigenvalue weighted by atomic mass is 16.5. The number of aliphatic carboxylic acids is 1. The van der Waals surface area contributed by atoms with E-state index in [2.05, 4.69) is 20.8 Å². The number of nitrogens with zero attached hydrogens (tertiary/aromatic N) is 1. The van der Waals surface area contributed by atoms with Gasteiger partial charge in [0.05, 0.1) is 23.6 Å². The number of ether oxygens (including phenoxy) is 2. The maximum Gasteiger partial charge on any atom is 0.338 e. The number of aromatic nitrogens is 1. The Bertz CT molecular complexity index is 1440. The van der Waals surface area contributed by atoms with E-state index in [4.69, 9.17) is 9.47 Å². The van der Waals surface area contributed by atoms with Crippen LogP contribution in [0.2, 0.25) is 0 Å². The van der Waals surface area contributed by atoms with Crippen molar-refractivity contribution in [3.05, 3.63) is 83.6 Å². The molecule has 0 saturated carbocycles. The Morgan fingerprint density at radius 3 is 2.00 bits per heavy atom. The van der Waals surface area contributed by atoms with Crippen LogP contribution in [-0.2, 0) is 16.6 Å². The first-order valence-electron chi connectivity index (χ1n) is 12.1. The lowest BCUT2D eigenvalue weighted by Crippen LogP contribution is -2.11. The number of rotatable bonds is 8. The van der Waals surface area contributed by atoms with Crippen LogP contribution in [0, 0.1) is 0 Å². The minimum Gasteiger partial charge on any atom is -0.491 e. The zero-order chi connectivity index (χ0) is 26.9. The molecular formula is C30H31NO6. The van der Waals surface area contributed by atoms with Crippen LogP contribution in [-0.4, -0.2) is 32.8 Å². The number of carboxylic acids is 2. The predicted molar refractivity (Wildman–Crippen MR) is 143 cm³/mol. The standard InChI is InChI=1S/C30H31NO6/c1-18(2)36-21-12-8-20(9-13-21)31-25-15-14-23(37-22-10-6-19(7-11-22)30(3,4)5)16-24(25)28(29(34)35)26(31)17-27(32)33/h6-16,18H,17H2,1-5H3,(H,32,33)(H,34,35). The third-order valence-corrected chi connectivity index (χ3v) is 5.99. The minimum atomic E-state index is -1.20. The molecule has 0 unspecified atom stereocenters. The van der Waals surface area contributed by atoms with Gasteiger partial charge in [0, 0.05) is 16.8 Å². The first kappa shape index (κ1) is 25.8. The van der Waals surface area contributed by atoms with Crippen molar-refractivity contribution >= 4 is 22.8 Å². The summed E-state index contributed by atoms with van der Waals surface area (Å²) in [6.45, 7) is 10.3. The van der Waals surface area contributed by atoms with Crippen LogP contribution in [0.3, 0.4) is 0 Å². The largest absolute Gasteiger partial charge is 0.491 e. The second-order valence-electron chi connectivity index (χ2n) is 10.2. The van der Waals surface area contributed by atoms with Gasteiger partial charge in [-0.05, 0) is 79.4 Å². The molecule has 0 aliphatic carbocycles. The van der Waals surface area contributed by atoms with Gasteiger partial charge in [-0.2, -0.15) is 0 Å². The first-order chi connectivity index (χ1) is 17.4. The number of carboxylic acid groups (broad SMARTS) is 2. The van der Waals surface area contributed by atoms with Gasteiger partial charge >= 0.3 is 11.9 Å². The van der Waals surface area contributed by atoms with Crippen LogP contribution in [0.5, 0.6) is 17.2 Å². The van der Waals surface area contributed by atoms with Gasteiger partial charge in [0.1, 0.15) is 17.2 Å². The van der Waals surface area contributed by atoms with E-state index in [1.807, 2.05) is 38.1 Å². The SMILES string of the molecule is CC(C)Oc1ccc(-n2c(CC(=O)O)c(C(=O)O)c3cc(Oc4ccc(C(C)(C)C)cc4)ccc32)cc1. The van der Waals surface area contributed by atoms with E-state index in [0.29, 0.717) is 33.8 Å². The zero-order valence-corrected chi connectivity index (χ0v) is 21.6. The van der Waals surface area contributed by atoms with E-state index in [0.717, 1.165) is 0 Å². The highest BCUT2D eigenvalue weighted by molar-refractivity contribution is 6.07. The molecule has 1 aromatic heterocycles. The summed E-state index contributed by atoms with van der Waals surface area (Å²) in [6.07, 6.45) is -0.451. The molecule has 1 heterocycles. The number of aromatic carboxylic acids is 1. The molecule has 0 fully saturated rings. The normalized spacial score (nSPS) is 11.6. The van der Waals surface area contributed by atoms with Gasteiger partial charge in [0.2, 0.25) is 0 Å². The van der Waals surface area contributed by atoms with Crippen molar-refractivity contribution in [3.8, 4) is 22.9 Å². The monoisotopic (exact) mass is 501 g/mol. The fourth-order valence-electron chi connectivity index (χ4n) is 4.34. The average Bonchev–Trinajstić information content (AvgIpc) is 3.11. The number of benzene rings is 3. The number of carbonyl (C=O) groups is 2. The summed E-state index contributed by atoms with van der Waals surface area (Å²) >= 11 is 0. The summed E-state index contributed by atoms with van der Waals surface area (Å²) < 4.78 is 13.4. The molecule has 4 rings (SSSR count). The predicted octanol–water partition coefficient (Wildman–Crippen LogP) is 6.83. The van der Waals surface area contributed by atoms with Crippen molar-refractivity contribution in [1.82, 2.24) is 4.57 Å². The van der Waals surface area contributed by atoms with Crippen molar-refractivity contribution in [2.75, 3.05) is 0 Å². The van der Waals surface area contributed by atoms with Crippen molar-refractivity contribution < 1.29 is 29.3 Å². The summed E-state index contributed by atoms with van der Waals surface area (Å²) in [4.78, 5) is 24.1. The summed E-state index contributed by atoms with van der Waals surface area (Å²) in [6, 6.07) is 20.1. The van der Waals surface area contributed by atoms with Crippen LogP contribution in [0.25, 0.3) is 16.6 Å². The lowest BCUT2D eigenvalue weighted by molar-refractivity contribution is -0.136. The fourth-order valence-corrected chi connectivity index (χ4v) is 4.34.